The van der Waals surface area contributed by atoms with Crippen LogP contribution in [0.25, 0.3) is 0 Å². The Morgan fingerprint density at radius 2 is 2.27 bits per heavy atom. The first-order valence-electron chi connectivity index (χ1n) is 4.76. The van der Waals surface area contributed by atoms with Crippen molar-refractivity contribution in [3.8, 4) is 12.3 Å². The van der Waals surface area contributed by atoms with Crippen LogP contribution in [0.3, 0.4) is 0 Å². The van der Waals surface area contributed by atoms with Gasteiger partial charge in [-0.05, 0) is 18.6 Å². The molecule has 0 radical (unpaired) electrons. The zero-order valence-corrected chi connectivity index (χ0v) is 9.00. The minimum Gasteiger partial charge on any atom is -0.361 e. The highest BCUT2D eigenvalue weighted by atomic mass is 19.1. The lowest BCUT2D eigenvalue weighted by Gasteiger charge is -2.22. The van der Waals surface area contributed by atoms with E-state index in [1.54, 1.807) is 18.0 Å². The molecule has 15 heavy (non-hydrogen) atoms. The van der Waals surface area contributed by atoms with Crippen LogP contribution in [0.4, 0.5) is 10.1 Å². The number of rotatable bonds is 3. The van der Waals surface area contributed by atoms with Crippen molar-refractivity contribution in [2.45, 2.75) is 13.0 Å². The topological polar surface area (TPSA) is 29.3 Å². The van der Waals surface area contributed by atoms with Gasteiger partial charge in [0.1, 0.15) is 5.82 Å². The van der Waals surface area contributed by atoms with E-state index >= 15 is 0 Å². The summed E-state index contributed by atoms with van der Waals surface area (Å²) in [7, 11) is 1.75. The molecule has 0 aliphatic heterocycles. The van der Waals surface area contributed by atoms with Crippen molar-refractivity contribution in [1.29, 1.82) is 0 Å². The minimum atomic E-state index is -0.289. The molecule has 0 saturated carbocycles. The second kappa shape index (κ2) is 4.81. The number of anilines is 1. The van der Waals surface area contributed by atoms with Gasteiger partial charge >= 0.3 is 0 Å². The van der Waals surface area contributed by atoms with E-state index in [2.05, 4.69) is 5.92 Å². The van der Waals surface area contributed by atoms with Crippen molar-refractivity contribution < 1.29 is 4.39 Å². The van der Waals surface area contributed by atoms with Crippen molar-refractivity contribution in [1.82, 2.24) is 0 Å². The average Bonchev–Trinajstić information content (AvgIpc) is 2.17. The number of benzene rings is 1. The highest BCUT2D eigenvalue weighted by Crippen LogP contribution is 2.27. The highest BCUT2D eigenvalue weighted by Gasteiger charge is 2.14. The molecule has 0 spiro atoms. The van der Waals surface area contributed by atoms with Crippen LogP contribution in [-0.4, -0.2) is 13.6 Å². The van der Waals surface area contributed by atoms with Crippen molar-refractivity contribution in [3.05, 3.63) is 29.6 Å². The van der Waals surface area contributed by atoms with Crippen LogP contribution >= 0.6 is 0 Å². The largest absolute Gasteiger partial charge is 0.361 e. The first kappa shape index (κ1) is 11.5. The number of para-hydroxylation sites is 1. The Morgan fingerprint density at radius 3 is 2.80 bits per heavy atom. The van der Waals surface area contributed by atoms with Crippen LogP contribution in [0.5, 0.6) is 0 Å². The van der Waals surface area contributed by atoms with Crippen molar-refractivity contribution >= 4 is 5.69 Å². The van der Waals surface area contributed by atoms with Gasteiger partial charge in [0.2, 0.25) is 0 Å². The maximum absolute atomic E-state index is 13.6. The minimum absolute atomic E-state index is 0.212. The van der Waals surface area contributed by atoms with E-state index in [9.17, 15) is 4.39 Å². The highest BCUT2D eigenvalue weighted by molar-refractivity contribution is 5.56. The summed E-state index contributed by atoms with van der Waals surface area (Å²) in [6.45, 7) is 2.18. The summed E-state index contributed by atoms with van der Waals surface area (Å²) < 4.78 is 13.6. The fraction of sp³-hybridized carbons (Fsp3) is 0.333. The third kappa shape index (κ3) is 2.48. The van der Waals surface area contributed by atoms with E-state index in [1.165, 1.54) is 6.07 Å². The molecular formula is C12H15FN2. The van der Waals surface area contributed by atoms with Crippen LogP contribution < -0.4 is 10.6 Å². The number of halogens is 1. The summed E-state index contributed by atoms with van der Waals surface area (Å²) >= 11 is 0. The van der Waals surface area contributed by atoms with Crippen molar-refractivity contribution in [3.63, 3.8) is 0 Å². The lowest BCUT2D eigenvalue weighted by atomic mass is 10.1. The van der Waals surface area contributed by atoms with Gasteiger partial charge in [0.15, 0.2) is 0 Å². The van der Waals surface area contributed by atoms with Crippen LogP contribution in [0.15, 0.2) is 18.2 Å². The number of hydrogen-bond acceptors (Lipinski definition) is 2. The summed E-state index contributed by atoms with van der Waals surface area (Å²) in [5, 5.41) is 0. The van der Waals surface area contributed by atoms with E-state index in [1.807, 2.05) is 13.0 Å². The number of terminal acetylenes is 1. The first-order valence-corrected chi connectivity index (χ1v) is 4.76. The van der Waals surface area contributed by atoms with Gasteiger partial charge in [-0.25, -0.2) is 4.39 Å². The zero-order chi connectivity index (χ0) is 11.4. The van der Waals surface area contributed by atoms with E-state index < -0.39 is 0 Å². The Morgan fingerprint density at radius 1 is 1.60 bits per heavy atom. The molecule has 0 saturated heterocycles. The monoisotopic (exact) mass is 206 g/mol. The Kier molecular flexibility index (Phi) is 3.70. The molecule has 0 aliphatic rings. The molecule has 0 heterocycles. The summed E-state index contributed by atoms with van der Waals surface area (Å²) in [6, 6.07) is 4.67. The summed E-state index contributed by atoms with van der Waals surface area (Å²) in [5.74, 6) is 2.19. The van der Waals surface area contributed by atoms with Crippen LogP contribution in [0.2, 0.25) is 0 Å². The van der Waals surface area contributed by atoms with Gasteiger partial charge in [0, 0.05) is 13.1 Å². The third-order valence-electron chi connectivity index (χ3n) is 2.22. The molecular weight excluding hydrogens is 191 g/mol. The molecule has 3 heteroatoms. The molecule has 0 fully saturated rings. The Labute approximate surface area is 89.9 Å². The molecule has 0 bridgehead atoms. The summed E-state index contributed by atoms with van der Waals surface area (Å²) in [5.41, 5.74) is 7.03. The number of nitrogens with two attached hydrogens (primary N) is 1. The fourth-order valence-electron chi connectivity index (χ4n) is 1.52. The maximum atomic E-state index is 13.6. The summed E-state index contributed by atoms with van der Waals surface area (Å²) in [4.78, 5) is 1.69. The predicted molar refractivity (Wildman–Crippen MR) is 61.1 cm³/mol. The third-order valence-corrected chi connectivity index (χ3v) is 2.22. The SMILES string of the molecule is C#CCN(C)c1c(F)cccc1C(C)N. The quantitative estimate of drug-likeness (QED) is 0.765. The van der Waals surface area contributed by atoms with Gasteiger partial charge in [-0.15, -0.1) is 6.42 Å². The normalized spacial score (nSPS) is 11.9. The van der Waals surface area contributed by atoms with E-state index in [0.717, 1.165) is 5.56 Å². The van der Waals surface area contributed by atoms with Crippen LogP contribution in [0, 0.1) is 18.2 Å². The molecule has 1 aromatic carbocycles. The Balaban J connectivity index is 3.19. The molecule has 1 atom stereocenters. The number of hydrogen-bond donors (Lipinski definition) is 1. The Hall–Kier alpha value is -1.53. The molecule has 0 aromatic heterocycles. The predicted octanol–water partition coefficient (Wildman–Crippen LogP) is 1.91. The smallest absolute Gasteiger partial charge is 0.146 e. The van der Waals surface area contributed by atoms with Gasteiger partial charge in [-0.1, -0.05) is 18.1 Å². The molecule has 2 nitrogen and oxygen atoms in total. The lowest BCUT2D eigenvalue weighted by molar-refractivity contribution is 0.619. The van der Waals surface area contributed by atoms with Crippen LogP contribution in [-0.2, 0) is 0 Å². The van der Waals surface area contributed by atoms with E-state index in [4.69, 9.17) is 12.2 Å². The zero-order valence-electron chi connectivity index (χ0n) is 9.00. The average molecular weight is 206 g/mol. The maximum Gasteiger partial charge on any atom is 0.146 e. The molecule has 0 amide bonds. The molecule has 0 aliphatic carbocycles. The van der Waals surface area contributed by atoms with Gasteiger partial charge in [0.05, 0.1) is 12.2 Å². The molecule has 1 unspecified atom stereocenters. The number of nitrogens with zero attached hydrogens (tertiary/aromatic N) is 1. The molecule has 2 N–H and O–H groups in total. The fourth-order valence-corrected chi connectivity index (χ4v) is 1.52. The lowest BCUT2D eigenvalue weighted by Crippen LogP contribution is -2.22. The molecule has 1 aromatic rings. The van der Waals surface area contributed by atoms with Gasteiger partial charge < -0.3 is 10.6 Å². The molecule has 80 valence electrons. The molecule has 1 rings (SSSR count). The second-order valence-electron chi connectivity index (χ2n) is 3.53. The van der Waals surface area contributed by atoms with Gasteiger partial charge in [-0.2, -0.15) is 0 Å². The van der Waals surface area contributed by atoms with Gasteiger partial charge in [0.25, 0.3) is 0 Å². The first-order chi connectivity index (χ1) is 7.07. The van der Waals surface area contributed by atoms with E-state index in [-0.39, 0.29) is 11.9 Å². The second-order valence-corrected chi connectivity index (χ2v) is 3.53. The van der Waals surface area contributed by atoms with E-state index in [0.29, 0.717) is 12.2 Å². The van der Waals surface area contributed by atoms with Crippen molar-refractivity contribution in [2.24, 2.45) is 5.73 Å². The van der Waals surface area contributed by atoms with Crippen LogP contribution in [0.1, 0.15) is 18.5 Å². The standard InChI is InChI=1S/C12H15FN2/c1-4-8-15(3)12-10(9(2)14)6-5-7-11(12)13/h1,5-7,9H,8,14H2,2-3H3. The summed E-state index contributed by atoms with van der Waals surface area (Å²) in [6.07, 6.45) is 5.20. The van der Waals surface area contributed by atoms with Gasteiger partial charge in [-0.3, -0.25) is 0 Å². The van der Waals surface area contributed by atoms with Crippen molar-refractivity contribution in [2.75, 3.05) is 18.5 Å². The Bertz CT molecular complexity index is 380.